The topological polar surface area (TPSA) is 52.6 Å². The molecule has 1 aromatic carbocycles. The summed E-state index contributed by atoms with van der Waals surface area (Å²) >= 11 is 0. The third-order valence-corrected chi connectivity index (χ3v) is 4.43. The fourth-order valence-electron chi connectivity index (χ4n) is 2.86. The third kappa shape index (κ3) is 4.18. The molecule has 0 saturated carbocycles. The molecule has 1 aromatic rings. The molecule has 0 radical (unpaired) electrons. The highest BCUT2D eigenvalue weighted by Crippen LogP contribution is 2.21. The number of aliphatic hydroxyl groups is 1. The summed E-state index contributed by atoms with van der Waals surface area (Å²) in [6.45, 7) is 6.31. The molecule has 0 unspecified atom stereocenters. The number of allylic oxidation sites excluding steroid dienone is 1. The van der Waals surface area contributed by atoms with Gasteiger partial charge < -0.3 is 10.4 Å². The first kappa shape index (κ1) is 16.7. The van der Waals surface area contributed by atoms with Gasteiger partial charge in [-0.2, -0.15) is 0 Å². The second kappa shape index (κ2) is 8.11. The van der Waals surface area contributed by atoms with Gasteiger partial charge in [0.05, 0.1) is 6.61 Å². The van der Waals surface area contributed by atoms with Crippen LogP contribution in [0.4, 0.5) is 0 Å². The van der Waals surface area contributed by atoms with Crippen molar-refractivity contribution in [3.63, 3.8) is 0 Å². The fourth-order valence-corrected chi connectivity index (χ4v) is 2.86. The molecule has 1 aliphatic heterocycles. The van der Waals surface area contributed by atoms with Crippen molar-refractivity contribution in [3.8, 4) is 0 Å². The van der Waals surface area contributed by atoms with Crippen LogP contribution in [0.2, 0.25) is 0 Å². The smallest absolute Gasteiger partial charge is 0.246 e. The van der Waals surface area contributed by atoms with E-state index in [4.69, 9.17) is 0 Å². The van der Waals surface area contributed by atoms with E-state index in [0.717, 1.165) is 37.1 Å². The van der Waals surface area contributed by atoms with Crippen molar-refractivity contribution < 1.29 is 9.90 Å². The normalized spacial score (nSPS) is 19.4. The van der Waals surface area contributed by atoms with Crippen molar-refractivity contribution in [3.05, 3.63) is 47.0 Å². The van der Waals surface area contributed by atoms with E-state index in [1.807, 2.05) is 32.1 Å². The van der Waals surface area contributed by atoms with Crippen molar-refractivity contribution in [1.82, 2.24) is 10.2 Å². The van der Waals surface area contributed by atoms with Gasteiger partial charge in [-0.1, -0.05) is 30.3 Å². The second-order valence-electron chi connectivity index (χ2n) is 5.87. The summed E-state index contributed by atoms with van der Waals surface area (Å²) in [4.78, 5) is 14.2. The number of carbonyl (C=O) groups excluding carboxylic acids is 1. The minimum Gasteiger partial charge on any atom is -0.395 e. The van der Waals surface area contributed by atoms with Gasteiger partial charge in [0, 0.05) is 24.7 Å². The van der Waals surface area contributed by atoms with Gasteiger partial charge in [-0.25, -0.2) is 0 Å². The van der Waals surface area contributed by atoms with Crippen LogP contribution in [0.3, 0.4) is 0 Å². The van der Waals surface area contributed by atoms with Crippen LogP contribution >= 0.6 is 0 Å². The van der Waals surface area contributed by atoms with Crippen molar-refractivity contribution in [2.45, 2.75) is 45.8 Å². The lowest BCUT2D eigenvalue weighted by Gasteiger charge is -2.24. The zero-order chi connectivity index (χ0) is 15.9. The minimum atomic E-state index is -0.0216. The molecule has 120 valence electrons. The second-order valence-corrected chi connectivity index (χ2v) is 5.87. The largest absolute Gasteiger partial charge is 0.395 e. The number of likely N-dealkylation sites (tertiary alicyclic amines) is 1. The third-order valence-electron chi connectivity index (χ3n) is 4.43. The van der Waals surface area contributed by atoms with Crippen molar-refractivity contribution in [2.24, 2.45) is 0 Å². The lowest BCUT2D eigenvalue weighted by molar-refractivity contribution is -0.117. The van der Waals surface area contributed by atoms with Gasteiger partial charge >= 0.3 is 0 Å². The number of aliphatic hydroxyl groups excluding tert-OH is 1. The van der Waals surface area contributed by atoms with E-state index in [0.29, 0.717) is 6.54 Å². The number of nitrogens with one attached hydrogen (secondary N) is 1. The van der Waals surface area contributed by atoms with E-state index in [1.54, 1.807) is 0 Å². The molecule has 0 aromatic heterocycles. The maximum Gasteiger partial charge on any atom is 0.246 e. The molecule has 2 rings (SSSR count). The Morgan fingerprint density at radius 1 is 1.41 bits per heavy atom. The van der Waals surface area contributed by atoms with Crippen molar-refractivity contribution in [1.29, 1.82) is 0 Å². The Kier molecular flexibility index (Phi) is 6.16. The number of nitrogens with zero attached hydrogens (tertiary/aromatic N) is 1. The van der Waals surface area contributed by atoms with Crippen molar-refractivity contribution in [2.75, 3.05) is 13.2 Å². The zero-order valence-electron chi connectivity index (χ0n) is 13.5. The predicted molar refractivity (Wildman–Crippen MR) is 88.2 cm³/mol. The number of rotatable bonds is 6. The van der Waals surface area contributed by atoms with Gasteiger partial charge in [-0.15, -0.1) is 0 Å². The summed E-state index contributed by atoms with van der Waals surface area (Å²) in [5.41, 5.74) is 3.10. The summed E-state index contributed by atoms with van der Waals surface area (Å²) < 4.78 is 0. The van der Waals surface area contributed by atoms with Crippen LogP contribution in [0.5, 0.6) is 0 Å². The highest BCUT2D eigenvalue weighted by atomic mass is 16.3. The Balaban J connectivity index is 2.02. The number of carbonyl (C=O) groups is 1. The first-order valence-electron chi connectivity index (χ1n) is 7.98. The summed E-state index contributed by atoms with van der Waals surface area (Å²) in [6.07, 6.45) is 4.03. The molecule has 1 saturated heterocycles. The highest BCUT2D eigenvalue weighted by molar-refractivity contribution is 5.92. The van der Waals surface area contributed by atoms with Crippen LogP contribution < -0.4 is 5.32 Å². The molecule has 1 heterocycles. The highest BCUT2D eigenvalue weighted by Gasteiger charge is 2.24. The predicted octanol–water partition coefficient (Wildman–Crippen LogP) is 2.23. The van der Waals surface area contributed by atoms with E-state index in [1.165, 1.54) is 5.56 Å². The molecule has 1 aliphatic rings. The Morgan fingerprint density at radius 2 is 2.14 bits per heavy atom. The average molecular weight is 302 g/mol. The molecule has 1 atom stereocenters. The van der Waals surface area contributed by atoms with E-state index >= 15 is 0 Å². The Labute approximate surface area is 132 Å². The first-order valence-corrected chi connectivity index (χ1v) is 7.98. The minimum absolute atomic E-state index is 0.0216. The number of benzene rings is 1. The van der Waals surface area contributed by atoms with Crippen LogP contribution in [0, 0.1) is 0 Å². The molecule has 4 nitrogen and oxygen atoms in total. The standard InChI is InChI=1S/C18H26N2O2/c1-3-14(2)18(22)19-11-15-7-4-5-8-16(15)12-20-10-6-9-17(20)13-21/h3-5,7-8,17,21H,6,9-13H2,1-2H3,(H,19,22)/b14-3+/t17-/m0/s1. The number of hydrogen-bond donors (Lipinski definition) is 2. The van der Waals surface area contributed by atoms with Crippen LogP contribution in [0.15, 0.2) is 35.9 Å². The van der Waals surface area contributed by atoms with E-state index in [2.05, 4.69) is 22.3 Å². The monoisotopic (exact) mass is 302 g/mol. The summed E-state index contributed by atoms with van der Waals surface area (Å²) in [5.74, 6) is -0.0216. The van der Waals surface area contributed by atoms with Crippen LogP contribution in [-0.4, -0.2) is 35.1 Å². The molecule has 2 N–H and O–H groups in total. The average Bonchev–Trinajstić information content (AvgIpc) is 3.00. The van der Waals surface area contributed by atoms with Gasteiger partial charge in [0.25, 0.3) is 0 Å². The van der Waals surface area contributed by atoms with Gasteiger partial charge in [0.2, 0.25) is 5.91 Å². The Bertz CT molecular complexity index is 540. The van der Waals surface area contributed by atoms with Crippen LogP contribution in [-0.2, 0) is 17.9 Å². The molecule has 22 heavy (non-hydrogen) atoms. The molecule has 0 aliphatic carbocycles. The maximum atomic E-state index is 11.9. The summed E-state index contributed by atoms with van der Waals surface area (Å²) in [7, 11) is 0. The first-order chi connectivity index (χ1) is 10.7. The lowest BCUT2D eigenvalue weighted by Crippen LogP contribution is -2.32. The number of hydrogen-bond acceptors (Lipinski definition) is 3. The summed E-state index contributed by atoms with van der Waals surface area (Å²) in [6, 6.07) is 8.47. The maximum absolute atomic E-state index is 11.9. The molecule has 1 amide bonds. The van der Waals surface area contributed by atoms with Crippen LogP contribution in [0.25, 0.3) is 0 Å². The van der Waals surface area contributed by atoms with Gasteiger partial charge in [0.1, 0.15) is 0 Å². The van der Waals surface area contributed by atoms with E-state index in [-0.39, 0.29) is 18.6 Å². The van der Waals surface area contributed by atoms with E-state index < -0.39 is 0 Å². The van der Waals surface area contributed by atoms with Gasteiger partial charge in [0.15, 0.2) is 0 Å². The lowest BCUT2D eigenvalue weighted by atomic mass is 10.1. The molecule has 0 bridgehead atoms. The van der Waals surface area contributed by atoms with E-state index in [9.17, 15) is 9.90 Å². The van der Waals surface area contributed by atoms with Crippen LogP contribution in [0.1, 0.15) is 37.8 Å². The molecule has 0 spiro atoms. The molecule has 1 fully saturated rings. The SMILES string of the molecule is C/C=C(\C)C(=O)NCc1ccccc1CN1CCC[C@H]1CO. The Morgan fingerprint density at radius 3 is 2.82 bits per heavy atom. The van der Waals surface area contributed by atoms with Gasteiger partial charge in [-0.05, 0) is 44.4 Å². The summed E-state index contributed by atoms with van der Waals surface area (Å²) in [5, 5.41) is 12.4. The Hall–Kier alpha value is -1.65. The van der Waals surface area contributed by atoms with Gasteiger partial charge in [-0.3, -0.25) is 9.69 Å². The molecular weight excluding hydrogens is 276 g/mol. The van der Waals surface area contributed by atoms with Crippen molar-refractivity contribution >= 4 is 5.91 Å². The number of amides is 1. The zero-order valence-corrected chi connectivity index (χ0v) is 13.5. The molecule has 4 heteroatoms. The molecular formula is C18H26N2O2. The quantitative estimate of drug-likeness (QED) is 0.792. The fraction of sp³-hybridized carbons (Fsp3) is 0.500.